The lowest BCUT2D eigenvalue weighted by molar-refractivity contribution is -0.384. The zero-order valence-corrected chi connectivity index (χ0v) is 16.2. The third kappa shape index (κ3) is 4.91. The van der Waals surface area contributed by atoms with Crippen molar-refractivity contribution in [2.75, 3.05) is 39.3 Å². The van der Waals surface area contributed by atoms with Gasteiger partial charge in [0.1, 0.15) is 0 Å². The lowest BCUT2D eigenvalue weighted by atomic mass is 10.1. The number of halogens is 2. The summed E-state index contributed by atoms with van der Waals surface area (Å²) < 4.78 is 0.614. The van der Waals surface area contributed by atoms with Gasteiger partial charge in [-0.1, -0.05) is 22.0 Å². The second-order valence-corrected chi connectivity index (χ2v) is 7.13. The quantitative estimate of drug-likeness (QED) is 0.579. The maximum atomic E-state index is 12.6. The van der Waals surface area contributed by atoms with E-state index in [-0.39, 0.29) is 30.4 Å². The third-order valence-electron chi connectivity index (χ3n) is 4.77. The molecule has 3 rings (SSSR count). The summed E-state index contributed by atoms with van der Waals surface area (Å²) in [5.41, 5.74) is 0.814. The minimum Gasteiger partial charge on any atom is -0.341 e. The van der Waals surface area contributed by atoms with Gasteiger partial charge >= 0.3 is 0 Å². The zero-order valence-electron chi connectivity index (χ0n) is 13.8. The maximum Gasteiger partial charge on any atom is 0.270 e. The number of amides is 1. The molecule has 1 unspecified atom stereocenters. The highest BCUT2D eigenvalue weighted by Gasteiger charge is 2.31. The van der Waals surface area contributed by atoms with Gasteiger partial charge in [-0.3, -0.25) is 19.8 Å². The number of benzene rings is 1. The number of nitrogens with zero attached hydrogens (tertiary/aromatic N) is 3. The fourth-order valence-corrected chi connectivity index (χ4v) is 3.89. The number of hydrogen-bond acceptors (Lipinski definition) is 5. The topological polar surface area (TPSA) is 78.7 Å². The van der Waals surface area contributed by atoms with E-state index in [0.717, 1.165) is 51.3 Å². The lowest BCUT2D eigenvalue weighted by Crippen LogP contribution is -2.49. The van der Waals surface area contributed by atoms with Gasteiger partial charge < -0.3 is 10.2 Å². The van der Waals surface area contributed by atoms with E-state index in [2.05, 4.69) is 26.1 Å². The number of likely N-dealkylation sites (tertiary alicyclic amines) is 1. The van der Waals surface area contributed by atoms with Gasteiger partial charge in [0, 0.05) is 61.9 Å². The SMILES string of the molecule is Cl.O=C(Cc1ccc([N+](=O)[O-])cc1Br)N1CCC(N2CCNCC2)C1. The van der Waals surface area contributed by atoms with Crippen LogP contribution >= 0.6 is 28.3 Å². The molecule has 0 aliphatic carbocycles. The highest BCUT2D eigenvalue weighted by molar-refractivity contribution is 9.10. The van der Waals surface area contributed by atoms with E-state index in [9.17, 15) is 14.9 Å². The van der Waals surface area contributed by atoms with Crippen LogP contribution in [0.5, 0.6) is 0 Å². The number of nitro groups is 1. The predicted octanol–water partition coefficient (Wildman–Crippen LogP) is 1.83. The molecular formula is C16H22BrClN4O3. The van der Waals surface area contributed by atoms with Crippen molar-refractivity contribution in [3.05, 3.63) is 38.3 Å². The average Bonchev–Trinajstić information content (AvgIpc) is 3.07. The van der Waals surface area contributed by atoms with Crippen molar-refractivity contribution in [3.8, 4) is 0 Å². The number of rotatable bonds is 4. The minimum atomic E-state index is -0.436. The first-order valence-corrected chi connectivity index (χ1v) is 8.99. The minimum absolute atomic E-state index is 0. The number of non-ortho nitro benzene ring substituents is 1. The van der Waals surface area contributed by atoms with E-state index in [1.807, 2.05) is 4.90 Å². The summed E-state index contributed by atoms with van der Waals surface area (Å²) in [4.78, 5) is 27.3. The Hall–Kier alpha value is -1.22. The molecule has 2 aliphatic rings. The second kappa shape index (κ2) is 8.93. The highest BCUT2D eigenvalue weighted by atomic mass is 79.9. The van der Waals surface area contributed by atoms with Crippen molar-refractivity contribution < 1.29 is 9.72 Å². The maximum absolute atomic E-state index is 12.6. The molecule has 1 aromatic rings. The van der Waals surface area contributed by atoms with Crippen molar-refractivity contribution in [3.63, 3.8) is 0 Å². The molecule has 0 spiro atoms. The molecule has 2 heterocycles. The van der Waals surface area contributed by atoms with Crippen molar-refractivity contribution in [2.45, 2.75) is 18.9 Å². The molecule has 0 aromatic heterocycles. The molecule has 1 N–H and O–H groups in total. The van der Waals surface area contributed by atoms with Gasteiger partial charge in [-0.25, -0.2) is 0 Å². The molecule has 25 heavy (non-hydrogen) atoms. The van der Waals surface area contributed by atoms with E-state index in [1.165, 1.54) is 12.1 Å². The number of piperazine rings is 1. The van der Waals surface area contributed by atoms with Gasteiger partial charge in [-0.05, 0) is 12.0 Å². The van der Waals surface area contributed by atoms with E-state index in [4.69, 9.17) is 0 Å². The number of hydrogen-bond donors (Lipinski definition) is 1. The second-order valence-electron chi connectivity index (χ2n) is 6.28. The molecule has 0 bridgehead atoms. The first-order valence-electron chi connectivity index (χ1n) is 8.20. The van der Waals surface area contributed by atoms with Crippen LogP contribution in [-0.2, 0) is 11.2 Å². The Morgan fingerprint density at radius 2 is 2.04 bits per heavy atom. The number of carbonyl (C=O) groups excluding carboxylic acids is 1. The van der Waals surface area contributed by atoms with Crippen molar-refractivity contribution >= 4 is 39.9 Å². The van der Waals surface area contributed by atoms with Crippen LogP contribution in [0.1, 0.15) is 12.0 Å². The standard InChI is InChI=1S/C16H21BrN4O3.ClH/c17-15-10-13(21(23)24)2-1-12(15)9-16(22)20-6-3-14(11-20)19-7-4-18-5-8-19;/h1-2,10,14,18H,3-9,11H2;1H. The summed E-state index contributed by atoms with van der Waals surface area (Å²) >= 11 is 3.34. The largest absolute Gasteiger partial charge is 0.341 e. The Morgan fingerprint density at radius 1 is 1.32 bits per heavy atom. The Labute approximate surface area is 161 Å². The van der Waals surface area contributed by atoms with Gasteiger partial charge in [0.25, 0.3) is 5.69 Å². The van der Waals surface area contributed by atoms with E-state index in [1.54, 1.807) is 6.07 Å². The van der Waals surface area contributed by atoms with Gasteiger partial charge in [-0.15, -0.1) is 12.4 Å². The molecule has 1 aromatic carbocycles. The van der Waals surface area contributed by atoms with E-state index >= 15 is 0 Å². The third-order valence-corrected chi connectivity index (χ3v) is 5.51. The monoisotopic (exact) mass is 432 g/mol. The lowest BCUT2D eigenvalue weighted by Gasteiger charge is -2.32. The van der Waals surface area contributed by atoms with E-state index < -0.39 is 4.92 Å². The zero-order chi connectivity index (χ0) is 17.1. The summed E-state index contributed by atoms with van der Waals surface area (Å²) in [6, 6.07) is 5.01. The number of carbonyl (C=O) groups is 1. The van der Waals surface area contributed by atoms with Crippen LogP contribution in [0, 0.1) is 10.1 Å². The van der Waals surface area contributed by atoms with Gasteiger partial charge in [0.15, 0.2) is 0 Å². The first-order chi connectivity index (χ1) is 11.5. The summed E-state index contributed by atoms with van der Waals surface area (Å²) in [5.74, 6) is 0.0854. The Bertz CT molecular complexity index is 640. The van der Waals surface area contributed by atoms with Crippen LogP contribution in [0.25, 0.3) is 0 Å². The Morgan fingerprint density at radius 3 is 2.68 bits per heavy atom. The van der Waals surface area contributed by atoms with Crippen molar-refractivity contribution in [2.24, 2.45) is 0 Å². The summed E-state index contributed by atoms with van der Waals surface area (Å²) in [6.45, 7) is 5.68. The molecule has 2 aliphatic heterocycles. The van der Waals surface area contributed by atoms with Crippen LogP contribution in [0.15, 0.2) is 22.7 Å². The number of nitro benzene ring substituents is 1. The molecule has 138 valence electrons. The highest BCUT2D eigenvalue weighted by Crippen LogP contribution is 2.25. The van der Waals surface area contributed by atoms with Gasteiger partial charge in [-0.2, -0.15) is 0 Å². The fraction of sp³-hybridized carbons (Fsp3) is 0.562. The van der Waals surface area contributed by atoms with Crippen LogP contribution < -0.4 is 5.32 Å². The van der Waals surface area contributed by atoms with Gasteiger partial charge in [0.05, 0.1) is 11.3 Å². The number of nitrogens with one attached hydrogen (secondary N) is 1. The first kappa shape index (κ1) is 20.1. The molecule has 0 saturated carbocycles. The Kier molecular flexibility index (Phi) is 7.18. The molecule has 2 fully saturated rings. The Balaban J connectivity index is 0.00000225. The average molecular weight is 434 g/mol. The van der Waals surface area contributed by atoms with Crippen LogP contribution in [0.3, 0.4) is 0 Å². The fourth-order valence-electron chi connectivity index (χ4n) is 3.38. The molecule has 1 atom stereocenters. The molecule has 1 amide bonds. The summed E-state index contributed by atoms with van der Waals surface area (Å²) in [6.07, 6.45) is 1.29. The smallest absolute Gasteiger partial charge is 0.270 e. The van der Waals surface area contributed by atoms with E-state index in [0.29, 0.717) is 10.5 Å². The van der Waals surface area contributed by atoms with Crippen molar-refractivity contribution in [1.29, 1.82) is 0 Å². The van der Waals surface area contributed by atoms with Crippen LogP contribution in [0.2, 0.25) is 0 Å². The molecule has 0 radical (unpaired) electrons. The summed E-state index contributed by atoms with van der Waals surface area (Å²) in [7, 11) is 0. The van der Waals surface area contributed by atoms with Crippen LogP contribution in [-0.4, -0.2) is 65.9 Å². The van der Waals surface area contributed by atoms with Crippen molar-refractivity contribution in [1.82, 2.24) is 15.1 Å². The molecule has 7 nitrogen and oxygen atoms in total. The molecular weight excluding hydrogens is 412 g/mol. The normalized spacial score (nSPS) is 21.0. The molecule has 2 saturated heterocycles. The van der Waals surface area contributed by atoms with Gasteiger partial charge in [0.2, 0.25) is 5.91 Å². The molecule has 9 heteroatoms. The predicted molar refractivity (Wildman–Crippen MR) is 101 cm³/mol. The summed E-state index contributed by atoms with van der Waals surface area (Å²) in [5, 5.41) is 14.1. The van der Waals surface area contributed by atoms with Crippen LogP contribution in [0.4, 0.5) is 5.69 Å².